The van der Waals surface area contributed by atoms with Crippen molar-refractivity contribution in [2.45, 2.75) is 13.0 Å². The van der Waals surface area contributed by atoms with E-state index in [1.54, 1.807) is 0 Å². The highest BCUT2D eigenvalue weighted by molar-refractivity contribution is 6.03. The summed E-state index contributed by atoms with van der Waals surface area (Å²) in [7, 11) is 0. The largest absolute Gasteiger partial charge is 0.304 e. The number of nitrogens with zero attached hydrogens (tertiary/aromatic N) is 1. The van der Waals surface area contributed by atoms with Crippen LogP contribution in [0.1, 0.15) is 18.5 Å². The minimum absolute atomic E-state index is 0.0290. The predicted octanol–water partition coefficient (Wildman–Crippen LogP) is 4.56. The predicted molar refractivity (Wildman–Crippen MR) is 89.8 cm³/mol. The van der Waals surface area contributed by atoms with E-state index in [2.05, 4.69) is 36.4 Å². The van der Waals surface area contributed by atoms with Crippen molar-refractivity contribution in [1.29, 1.82) is 0 Å². The fraction of sp³-hybridized carbons (Fsp3) is 0.150. The normalized spacial score (nSPS) is 21.0. The van der Waals surface area contributed by atoms with Gasteiger partial charge < -0.3 is 4.90 Å². The summed E-state index contributed by atoms with van der Waals surface area (Å²) >= 11 is 0. The van der Waals surface area contributed by atoms with E-state index in [-0.39, 0.29) is 17.9 Å². The van der Waals surface area contributed by atoms with Crippen LogP contribution < -0.4 is 4.90 Å². The van der Waals surface area contributed by atoms with Crippen LogP contribution in [-0.4, -0.2) is 5.91 Å². The number of para-hydroxylation sites is 1. The molecule has 0 aliphatic carbocycles. The molecule has 0 aromatic heterocycles. The third-order valence-electron chi connectivity index (χ3n) is 4.53. The van der Waals surface area contributed by atoms with Gasteiger partial charge in [-0.2, -0.15) is 0 Å². The van der Waals surface area contributed by atoms with Crippen molar-refractivity contribution in [3.63, 3.8) is 0 Å². The maximum Gasteiger partial charge on any atom is 0.232 e. The molecule has 0 N–H and O–H groups in total. The number of hydrogen-bond donors (Lipinski definition) is 0. The van der Waals surface area contributed by atoms with Gasteiger partial charge in [0.2, 0.25) is 5.91 Å². The molecule has 1 heterocycles. The first-order valence-electron chi connectivity index (χ1n) is 7.62. The van der Waals surface area contributed by atoms with Gasteiger partial charge in [-0.3, -0.25) is 4.79 Å². The fourth-order valence-electron chi connectivity index (χ4n) is 3.34. The molecule has 1 aliphatic heterocycles. The Morgan fingerprint density at radius 1 is 0.818 bits per heavy atom. The molecule has 22 heavy (non-hydrogen) atoms. The van der Waals surface area contributed by atoms with Gasteiger partial charge in [0, 0.05) is 5.69 Å². The molecule has 2 heteroatoms. The van der Waals surface area contributed by atoms with Gasteiger partial charge >= 0.3 is 0 Å². The standard InChI is InChI=1S/C20H17NO/c1-14-19(21(20(14)22)18-9-3-2-4-10-18)17-12-11-15-7-5-6-8-16(15)13-17/h2-14,19H,1H3/t14-,19+/m1/s1. The summed E-state index contributed by atoms with van der Waals surface area (Å²) in [5.41, 5.74) is 2.18. The van der Waals surface area contributed by atoms with Crippen molar-refractivity contribution >= 4 is 22.4 Å². The Morgan fingerprint density at radius 2 is 1.50 bits per heavy atom. The topological polar surface area (TPSA) is 20.3 Å². The third kappa shape index (κ3) is 1.92. The van der Waals surface area contributed by atoms with Gasteiger partial charge in [-0.15, -0.1) is 0 Å². The van der Waals surface area contributed by atoms with E-state index in [1.807, 2.05) is 48.2 Å². The summed E-state index contributed by atoms with van der Waals surface area (Å²) in [6.45, 7) is 2.02. The maximum atomic E-state index is 12.3. The first kappa shape index (κ1) is 13.1. The van der Waals surface area contributed by atoms with Crippen molar-refractivity contribution in [1.82, 2.24) is 0 Å². The van der Waals surface area contributed by atoms with Gasteiger partial charge in [0.05, 0.1) is 12.0 Å². The number of anilines is 1. The summed E-state index contributed by atoms with van der Waals surface area (Å²) in [5.74, 6) is 0.228. The molecule has 1 amide bonds. The minimum atomic E-state index is 0.0290. The Kier molecular flexibility index (Phi) is 2.97. The second kappa shape index (κ2) is 4.99. The second-order valence-electron chi connectivity index (χ2n) is 5.88. The van der Waals surface area contributed by atoms with Crippen LogP contribution in [-0.2, 0) is 4.79 Å². The molecular weight excluding hydrogens is 270 g/mol. The maximum absolute atomic E-state index is 12.3. The number of amides is 1. The van der Waals surface area contributed by atoms with Crippen LogP contribution in [0.15, 0.2) is 72.8 Å². The third-order valence-corrected chi connectivity index (χ3v) is 4.53. The van der Waals surface area contributed by atoms with Crippen molar-refractivity contribution in [2.24, 2.45) is 5.92 Å². The molecule has 1 aliphatic rings. The Balaban J connectivity index is 1.77. The number of β-lactam (4-membered cyclic amide) rings is 1. The molecular formula is C20H17NO. The molecule has 2 atom stereocenters. The highest BCUT2D eigenvalue weighted by Crippen LogP contribution is 2.43. The first-order chi connectivity index (χ1) is 10.8. The number of rotatable bonds is 2. The van der Waals surface area contributed by atoms with Gasteiger partial charge in [-0.1, -0.05) is 61.5 Å². The quantitative estimate of drug-likeness (QED) is 0.632. The average molecular weight is 287 g/mol. The summed E-state index contributed by atoms with van der Waals surface area (Å²) < 4.78 is 0. The Labute approximate surface area is 130 Å². The van der Waals surface area contributed by atoms with Crippen LogP contribution in [0.5, 0.6) is 0 Å². The SMILES string of the molecule is C[C@H]1C(=O)N(c2ccccc2)[C@@H]1c1ccc2ccccc2c1. The van der Waals surface area contributed by atoms with Crippen molar-refractivity contribution in [3.05, 3.63) is 78.4 Å². The molecule has 108 valence electrons. The minimum Gasteiger partial charge on any atom is -0.304 e. The smallest absolute Gasteiger partial charge is 0.232 e. The molecule has 1 saturated heterocycles. The van der Waals surface area contributed by atoms with E-state index in [1.165, 1.54) is 16.3 Å². The zero-order chi connectivity index (χ0) is 15.1. The van der Waals surface area contributed by atoms with Crippen LogP contribution in [0.4, 0.5) is 5.69 Å². The van der Waals surface area contributed by atoms with Gasteiger partial charge in [-0.25, -0.2) is 0 Å². The van der Waals surface area contributed by atoms with E-state index in [4.69, 9.17) is 0 Å². The number of fused-ring (bicyclic) bond motifs is 1. The van der Waals surface area contributed by atoms with E-state index in [0.717, 1.165) is 5.69 Å². The lowest BCUT2D eigenvalue weighted by atomic mass is 9.82. The van der Waals surface area contributed by atoms with Crippen molar-refractivity contribution < 1.29 is 4.79 Å². The molecule has 0 bridgehead atoms. The zero-order valence-electron chi connectivity index (χ0n) is 12.4. The van der Waals surface area contributed by atoms with Gasteiger partial charge in [0.25, 0.3) is 0 Å². The summed E-state index contributed by atoms with van der Waals surface area (Å²) in [6.07, 6.45) is 0. The van der Waals surface area contributed by atoms with Crippen LogP contribution >= 0.6 is 0 Å². The van der Waals surface area contributed by atoms with E-state index in [0.29, 0.717) is 0 Å². The van der Waals surface area contributed by atoms with Crippen LogP contribution in [0, 0.1) is 5.92 Å². The number of benzene rings is 3. The first-order valence-corrected chi connectivity index (χ1v) is 7.62. The van der Waals surface area contributed by atoms with Crippen LogP contribution in [0.2, 0.25) is 0 Å². The zero-order valence-corrected chi connectivity index (χ0v) is 12.4. The monoisotopic (exact) mass is 287 g/mol. The van der Waals surface area contributed by atoms with E-state index < -0.39 is 0 Å². The Morgan fingerprint density at radius 3 is 2.27 bits per heavy atom. The van der Waals surface area contributed by atoms with Gasteiger partial charge in [0.1, 0.15) is 0 Å². The molecule has 2 nitrogen and oxygen atoms in total. The lowest BCUT2D eigenvalue weighted by molar-refractivity contribution is -0.129. The number of carbonyl (C=O) groups is 1. The molecule has 3 aromatic carbocycles. The molecule has 0 unspecified atom stereocenters. The lowest BCUT2D eigenvalue weighted by Crippen LogP contribution is -2.54. The van der Waals surface area contributed by atoms with Crippen LogP contribution in [0.25, 0.3) is 10.8 Å². The van der Waals surface area contributed by atoms with Gasteiger partial charge in [0.15, 0.2) is 0 Å². The van der Waals surface area contributed by atoms with Crippen molar-refractivity contribution in [2.75, 3.05) is 4.90 Å². The molecule has 1 fully saturated rings. The highest BCUT2D eigenvalue weighted by Gasteiger charge is 2.45. The highest BCUT2D eigenvalue weighted by atomic mass is 16.2. The Hall–Kier alpha value is -2.61. The van der Waals surface area contributed by atoms with Gasteiger partial charge in [-0.05, 0) is 34.5 Å². The lowest BCUT2D eigenvalue weighted by Gasteiger charge is -2.46. The summed E-state index contributed by atoms with van der Waals surface area (Å²) in [4.78, 5) is 14.2. The summed E-state index contributed by atoms with van der Waals surface area (Å²) in [6, 6.07) is 24.9. The fourth-order valence-corrected chi connectivity index (χ4v) is 3.34. The van der Waals surface area contributed by atoms with Crippen molar-refractivity contribution in [3.8, 4) is 0 Å². The number of hydrogen-bond acceptors (Lipinski definition) is 1. The van der Waals surface area contributed by atoms with E-state index in [9.17, 15) is 4.79 Å². The molecule has 0 saturated carbocycles. The molecule has 0 radical (unpaired) electrons. The summed E-state index contributed by atoms with van der Waals surface area (Å²) in [5, 5.41) is 2.45. The molecule has 0 spiro atoms. The second-order valence-corrected chi connectivity index (χ2v) is 5.88. The van der Waals surface area contributed by atoms with Crippen LogP contribution in [0.3, 0.4) is 0 Å². The average Bonchev–Trinajstić information content (AvgIpc) is 2.59. The molecule has 3 aromatic rings. The molecule has 4 rings (SSSR count). The Bertz CT molecular complexity index is 840. The number of carbonyl (C=O) groups excluding carboxylic acids is 1. The van der Waals surface area contributed by atoms with E-state index >= 15 is 0 Å².